The van der Waals surface area contributed by atoms with Gasteiger partial charge in [0, 0.05) is 9.35 Å². The van der Waals surface area contributed by atoms with Gasteiger partial charge in [-0.15, -0.1) is 11.3 Å². The van der Waals surface area contributed by atoms with E-state index in [1.54, 1.807) is 11.3 Å². The van der Waals surface area contributed by atoms with E-state index in [4.69, 9.17) is 5.73 Å². The van der Waals surface area contributed by atoms with Gasteiger partial charge in [-0.25, -0.2) is 0 Å². The molecule has 0 saturated carbocycles. The van der Waals surface area contributed by atoms with Crippen LogP contribution in [0.2, 0.25) is 0 Å². The predicted molar refractivity (Wildman–Crippen MR) is 67.2 cm³/mol. The second-order valence-corrected chi connectivity index (χ2v) is 5.29. The highest BCUT2D eigenvalue weighted by molar-refractivity contribution is 9.10. The minimum atomic E-state index is 0.780. The van der Waals surface area contributed by atoms with Crippen molar-refractivity contribution in [1.82, 2.24) is 9.78 Å². The first kappa shape index (κ1) is 10.7. The molecule has 0 saturated heterocycles. The zero-order chi connectivity index (χ0) is 11.0. The molecule has 80 valence electrons. The molecule has 2 rings (SSSR count). The fraction of sp³-hybridized carbons (Fsp3) is 0.300. The maximum Gasteiger partial charge on any atom is 0.0826 e. The molecule has 0 fully saturated rings. The molecular weight excluding hydrogens is 274 g/mol. The Hall–Kier alpha value is -0.810. The van der Waals surface area contributed by atoms with Gasteiger partial charge in [0.1, 0.15) is 0 Å². The lowest BCUT2D eigenvalue weighted by atomic mass is 10.3. The number of aryl methyl sites for hydroxylation is 1. The van der Waals surface area contributed by atoms with Crippen molar-refractivity contribution >= 4 is 33.0 Å². The standard InChI is InChI=1S/C10H12BrN3S/c1-6-10(12)7(2)14(13-6)5-9-8(11)3-4-15-9/h3-4H,5,12H2,1-2H3. The molecule has 0 aromatic carbocycles. The molecule has 2 aromatic rings. The number of hydrogen-bond acceptors (Lipinski definition) is 3. The minimum absolute atomic E-state index is 0.780. The van der Waals surface area contributed by atoms with E-state index in [1.807, 2.05) is 18.5 Å². The summed E-state index contributed by atoms with van der Waals surface area (Å²) >= 11 is 5.23. The highest BCUT2D eigenvalue weighted by Crippen LogP contribution is 2.25. The summed E-state index contributed by atoms with van der Waals surface area (Å²) in [5.74, 6) is 0. The predicted octanol–water partition coefficient (Wildman–Crippen LogP) is 2.95. The Bertz CT molecular complexity index is 487. The van der Waals surface area contributed by atoms with Crippen LogP contribution in [-0.2, 0) is 6.54 Å². The van der Waals surface area contributed by atoms with Crippen LogP contribution in [0.4, 0.5) is 5.69 Å². The molecule has 0 radical (unpaired) electrons. The highest BCUT2D eigenvalue weighted by Gasteiger charge is 2.10. The molecule has 5 heteroatoms. The van der Waals surface area contributed by atoms with E-state index in [-0.39, 0.29) is 0 Å². The summed E-state index contributed by atoms with van der Waals surface area (Å²) in [4.78, 5) is 1.26. The number of aromatic nitrogens is 2. The van der Waals surface area contributed by atoms with E-state index in [1.165, 1.54) is 4.88 Å². The van der Waals surface area contributed by atoms with E-state index in [0.29, 0.717) is 0 Å². The van der Waals surface area contributed by atoms with Gasteiger partial charge in [0.15, 0.2) is 0 Å². The lowest BCUT2D eigenvalue weighted by molar-refractivity contribution is 0.665. The molecule has 3 nitrogen and oxygen atoms in total. The van der Waals surface area contributed by atoms with E-state index in [2.05, 4.69) is 32.5 Å². The fourth-order valence-electron chi connectivity index (χ4n) is 1.44. The van der Waals surface area contributed by atoms with Gasteiger partial charge in [-0.1, -0.05) is 0 Å². The number of rotatable bonds is 2. The highest BCUT2D eigenvalue weighted by atomic mass is 79.9. The van der Waals surface area contributed by atoms with Gasteiger partial charge >= 0.3 is 0 Å². The molecule has 2 heterocycles. The van der Waals surface area contributed by atoms with Crippen LogP contribution in [0.1, 0.15) is 16.3 Å². The first-order valence-corrected chi connectivity index (χ1v) is 6.28. The molecule has 0 aliphatic rings. The Labute approximate surface area is 101 Å². The molecule has 2 aromatic heterocycles. The SMILES string of the molecule is Cc1nn(Cc2sccc2Br)c(C)c1N. The summed E-state index contributed by atoms with van der Waals surface area (Å²) in [6, 6.07) is 2.05. The topological polar surface area (TPSA) is 43.8 Å². The van der Waals surface area contributed by atoms with Crippen LogP contribution in [0.5, 0.6) is 0 Å². The smallest absolute Gasteiger partial charge is 0.0826 e. The normalized spacial score (nSPS) is 10.9. The Morgan fingerprint density at radius 3 is 2.73 bits per heavy atom. The number of thiophene rings is 1. The first-order chi connectivity index (χ1) is 7.09. The number of nitrogen functional groups attached to an aromatic ring is 1. The van der Waals surface area contributed by atoms with Gasteiger partial charge in [-0.3, -0.25) is 4.68 Å². The van der Waals surface area contributed by atoms with Gasteiger partial charge in [0.2, 0.25) is 0 Å². The maximum absolute atomic E-state index is 5.88. The van der Waals surface area contributed by atoms with Crippen molar-refractivity contribution in [3.8, 4) is 0 Å². The molecule has 0 bridgehead atoms. The average molecular weight is 286 g/mol. The fourth-order valence-corrected chi connectivity index (χ4v) is 2.90. The summed E-state index contributed by atoms with van der Waals surface area (Å²) in [5.41, 5.74) is 8.61. The molecule has 0 atom stereocenters. The molecule has 2 N–H and O–H groups in total. The van der Waals surface area contributed by atoms with Gasteiger partial charge in [0.25, 0.3) is 0 Å². The molecule has 0 spiro atoms. The second kappa shape index (κ2) is 3.98. The van der Waals surface area contributed by atoms with Crippen molar-refractivity contribution in [2.24, 2.45) is 0 Å². The van der Waals surface area contributed by atoms with Crippen molar-refractivity contribution in [3.05, 3.63) is 32.2 Å². The maximum atomic E-state index is 5.88. The number of nitrogens with two attached hydrogens (primary N) is 1. The molecule has 15 heavy (non-hydrogen) atoms. The van der Waals surface area contributed by atoms with Gasteiger partial charge < -0.3 is 5.73 Å². The average Bonchev–Trinajstić information content (AvgIpc) is 2.69. The van der Waals surface area contributed by atoms with Crippen LogP contribution in [0, 0.1) is 13.8 Å². The monoisotopic (exact) mass is 285 g/mol. The van der Waals surface area contributed by atoms with E-state index in [0.717, 1.165) is 28.1 Å². The van der Waals surface area contributed by atoms with Gasteiger partial charge in [0.05, 0.1) is 23.6 Å². The van der Waals surface area contributed by atoms with Crippen molar-refractivity contribution < 1.29 is 0 Å². The molecule has 0 amide bonds. The van der Waals surface area contributed by atoms with Gasteiger partial charge in [-0.2, -0.15) is 5.10 Å². The van der Waals surface area contributed by atoms with E-state index < -0.39 is 0 Å². The largest absolute Gasteiger partial charge is 0.396 e. The molecule has 0 aliphatic heterocycles. The lowest BCUT2D eigenvalue weighted by Crippen LogP contribution is -2.03. The third kappa shape index (κ3) is 1.94. The van der Waals surface area contributed by atoms with Crippen LogP contribution < -0.4 is 5.73 Å². The second-order valence-electron chi connectivity index (χ2n) is 3.43. The number of hydrogen-bond donors (Lipinski definition) is 1. The van der Waals surface area contributed by atoms with Crippen molar-refractivity contribution in [2.45, 2.75) is 20.4 Å². The zero-order valence-corrected chi connectivity index (χ0v) is 11.0. The lowest BCUT2D eigenvalue weighted by Gasteiger charge is -2.02. The van der Waals surface area contributed by atoms with Crippen molar-refractivity contribution in [2.75, 3.05) is 5.73 Å². The summed E-state index contributed by atoms with van der Waals surface area (Å²) in [6.07, 6.45) is 0. The summed E-state index contributed by atoms with van der Waals surface area (Å²) in [6.45, 7) is 4.71. The van der Waals surface area contributed by atoms with Crippen LogP contribution in [-0.4, -0.2) is 9.78 Å². The van der Waals surface area contributed by atoms with Crippen LogP contribution in [0.3, 0.4) is 0 Å². The number of anilines is 1. The van der Waals surface area contributed by atoms with E-state index >= 15 is 0 Å². The first-order valence-electron chi connectivity index (χ1n) is 4.61. The molecular formula is C10H12BrN3S. The van der Waals surface area contributed by atoms with Crippen molar-refractivity contribution in [1.29, 1.82) is 0 Å². The Morgan fingerprint density at radius 2 is 2.27 bits per heavy atom. The molecule has 0 unspecified atom stereocenters. The third-order valence-corrected chi connectivity index (χ3v) is 4.33. The van der Waals surface area contributed by atoms with E-state index in [9.17, 15) is 0 Å². The van der Waals surface area contributed by atoms with Crippen molar-refractivity contribution in [3.63, 3.8) is 0 Å². The van der Waals surface area contributed by atoms with Crippen LogP contribution >= 0.6 is 27.3 Å². The quantitative estimate of drug-likeness (QED) is 0.922. The summed E-state index contributed by atoms with van der Waals surface area (Å²) in [5, 5.41) is 6.47. The van der Waals surface area contributed by atoms with Crippen LogP contribution in [0.15, 0.2) is 15.9 Å². The number of halogens is 1. The third-order valence-electron chi connectivity index (χ3n) is 2.42. The summed E-state index contributed by atoms with van der Waals surface area (Å²) in [7, 11) is 0. The van der Waals surface area contributed by atoms with Crippen LogP contribution in [0.25, 0.3) is 0 Å². The van der Waals surface area contributed by atoms with Gasteiger partial charge in [-0.05, 0) is 41.2 Å². The molecule has 0 aliphatic carbocycles. The minimum Gasteiger partial charge on any atom is -0.396 e. The Morgan fingerprint density at radius 1 is 1.53 bits per heavy atom. The Balaban J connectivity index is 2.33. The zero-order valence-electron chi connectivity index (χ0n) is 8.62. The number of nitrogens with zero attached hydrogens (tertiary/aromatic N) is 2. The Kier molecular flexibility index (Phi) is 2.84. The summed E-state index contributed by atoms with van der Waals surface area (Å²) < 4.78 is 3.08.